The fraction of sp³-hybridized carbons (Fsp3) is 0.625. The van der Waals surface area contributed by atoms with Crippen LogP contribution in [-0.2, 0) is 13.0 Å². The van der Waals surface area contributed by atoms with Crippen molar-refractivity contribution in [1.29, 1.82) is 0 Å². The average Bonchev–Trinajstić information content (AvgIpc) is 2.63. The van der Waals surface area contributed by atoms with E-state index in [1.165, 1.54) is 44.2 Å². The molecule has 1 fully saturated rings. The third-order valence-electron chi connectivity index (χ3n) is 5.09. The molecule has 2 aliphatic heterocycles. The van der Waals surface area contributed by atoms with E-state index < -0.39 is 0 Å². The Bertz CT molecular complexity index is 454. The van der Waals surface area contributed by atoms with Crippen molar-refractivity contribution in [2.24, 2.45) is 5.92 Å². The van der Waals surface area contributed by atoms with E-state index in [0.717, 1.165) is 25.0 Å². The van der Waals surface area contributed by atoms with E-state index in [4.69, 9.17) is 0 Å². The van der Waals surface area contributed by atoms with Gasteiger partial charge < -0.3 is 10.2 Å². The Kier molecular flexibility index (Phi) is 2.58. The van der Waals surface area contributed by atoms with Crippen molar-refractivity contribution < 1.29 is 0 Å². The zero-order chi connectivity index (χ0) is 11.9. The molecule has 0 bridgehead atoms. The Morgan fingerprint density at radius 2 is 2.00 bits per heavy atom. The van der Waals surface area contributed by atoms with Gasteiger partial charge >= 0.3 is 0 Å². The van der Waals surface area contributed by atoms with Crippen molar-refractivity contribution in [1.82, 2.24) is 5.32 Å². The van der Waals surface area contributed by atoms with Crippen LogP contribution in [0.5, 0.6) is 0 Å². The summed E-state index contributed by atoms with van der Waals surface area (Å²) < 4.78 is 0. The van der Waals surface area contributed by atoms with Gasteiger partial charge in [-0.15, -0.1) is 0 Å². The molecule has 2 heterocycles. The number of nitrogens with one attached hydrogen (secondary N) is 1. The number of rotatable bonds is 0. The highest BCUT2D eigenvalue weighted by Gasteiger charge is 2.37. The highest BCUT2D eigenvalue weighted by atomic mass is 15.2. The maximum atomic E-state index is 3.58. The Labute approximate surface area is 109 Å². The summed E-state index contributed by atoms with van der Waals surface area (Å²) in [6.45, 7) is 3.39. The highest BCUT2D eigenvalue weighted by Crippen LogP contribution is 2.42. The molecule has 2 atom stereocenters. The van der Waals surface area contributed by atoms with Crippen LogP contribution >= 0.6 is 0 Å². The molecule has 1 saturated carbocycles. The molecule has 1 aromatic rings. The first-order chi connectivity index (χ1) is 8.93. The lowest BCUT2D eigenvalue weighted by Crippen LogP contribution is -2.48. The van der Waals surface area contributed by atoms with Gasteiger partial charge in [-0.05, 0) is 36.3 Å². The predicted octanol–water partition coefficient (Wildman–Crippen LogP) is 2.71. The number of hydrogen-bond donors (Lipinski definition) is 1. The molecular weight excluding hydrogens is 220 g/mol. The van der Waals surface area contributed by atoms with Gasteiger partial charge in [-0.25, -0.2) is 0 Å². The van der Waals surface area contributed by atoms with Crippen molar-refractivity contribution in [2.45, 2.75) is 44.7 Å². The summed E-state index contributed by atoms with van der Waals surface area (Å²) in [6, 6.07) is 7.75. The summed E-state index contributed by atoms with van der Waals surface area (Å²) >= 11 is 0. The maximum absolute atomic E-state index is 3.58. The highest BCUT2D eigenvalue weighted by molar-refractivity contribution is 5.63. The lowest BCUT2D eigenvalue weighted by atomic mass is 9.76. The Morgan fingerprint density at radius 1 is 1.11 bits per heavy atom. The van der Waals surface area contributed by atoms with Crippen molar-refractivity contribution in [3.8, 4) is 0 Å². The molecule has 2 nitrogen and oxygen atoms in total. The van der Waals surface area contributed by atoms with E-state index in [2.05, 4.69) is 28.4 Å². The fourth-order valence-electron chi connectivity index (χ4n) is 4.31. The normalized spacial score (nSPS) is 30.3. The van der Waals surface area contributed by atoms with Crippen LogP contribution in [0, 0.1) is 5.92 Å². The number of benzene rings is 1. The summed E-state index contributed by atoms with van der Waals surface area (Å²) in [5.74, 6) is 0.916. The average molecular weight is 242 g/mol. The van der Waals surface area contributed by atoms with Gasteiger partial charge in [0, 0.05) is 31.4 Å². The van der Waals surface area contributed by atoms with Crippen LogP contribution in [0.25, 0.3) is 0 Å². The molecule has 2 heteroatoms. The molecule has 0 amide bonds. The Balaban J connectivity index is 1.82. The predicted molar refractivity (Wildman–Crippen MR) is 74.9 cm³/mol. The van der Waals surface area contributed by atoms with E-state index in [0.29, 0.717) is 0 Å². The minimum absolute atomic E-state index is 0.826. The smallest absolute Gasteiger partial charge is 0.0447 e. The quantitative estimate of drug-likeness (QED) is 0.752. The fourth-order valence-corrected chi connectivity index (χ4v) is 4.31. The standard InChI is InChI=1S/C16H22N2/c1-2-7-15-12(4-1)10-13-5-3-6-14-11-17-8-9-18(15)16(13)14/h3,5-6,12,15,17H,1-2,4,7-11H2/t12-,15+/m0/s1. The molecule has 1 aromatic carbocycles. The van der Waals surface area contributed by atoms with Crippen LogP contribution in [0.1, 0.15) is 36.8 Å². The van der Waals surface area contributed by atoms with Crippen LogP contribution in [0.15, 0.2) is 18.2 Å². The summed E-state index contributed by atoms with van der Waals surface area (Å²) in [5.41, 5.74) is 4.72. The molecular formula is C16H22N2. The first-order valence-corrected chi connectivity index (χ1v) is 7.51. The van der Waals surface area contributed by atoms with Gasteiger partial charge in [0.05, 0.1) is 0 Å². The molecule has 0 radical (unpaired) electrons. The largest absolute Gasteiger partial charge is 0.366 e. The molecule has 1 N–H and O–H groups in total. The lowest BCUT2D eigenvalue weighted by Gasteiger charge is -2.46. The van der Waals surface area contributed by atoms with E-state index in [-0.39, 0.29) is 0 Å². The van der Waals surface area contributed by atoms with Crippen LogP contribution in [0.3, 0.4) is 0 Å². The van der Waals surface area contributed by atoms with E-state index >= 15 is 0 Å². The summed E-state index contributed by atoms with van der Waals surface area (Å²) in [7, 11) is 0. The first kappa shape index (κ1) is 10.9. The number of para-hydroxylation sites is 1. The van der Waals surface area contributed by atoms with Gasteiger partial charge in [-0.2, -0.15) is 0 Å². The lowest BCUT2D eigenvalue weighted by molar-refractivity contribution is 0.280. The number of anilines is 1. The minimum atomic E-state index is 0.826. The molecule has 96 valence electrons. The van der Waals surface area contributed by atoms with Crippen molar-refractivity contribution in [3.05, 3.63) is 29.3 Å². The van der Waals surface area contributed by atoms with Gasteiger partial charge in [0.1, 0.15) is 0 Å². The SMILES string of the molecule is c1cc2c3c(c1)C[C@@H]1CCCC[C@H]1N3CCNC2. The zero-order valence-electron chi connectivity index (χ0n) is 11.0. The third-order valence-corrected chi connectivity index (χ3v) is 5.09. The van der Waals surface area contributed by atoms with Gasteiger partial charge in [0.15, 0.2) is 0 Å². The zero-order valence-corrected chi connectivity index (χ0v) is 11.0. The summed E-state index contributed by atoms with van der Waals surface area (Å²) in [5, 5.41) is 3.58. The van der Waals surface area contributed by atoms with Crippen LogP contribution < -0.4 is 10.2 Å². The second-order valence-corrected chi connectivity index (χ2v) is 6.11. The monoisotopic (exact) mass is 242 g/mol. The number of nitrogens with zero attached hydrogens (tertiary/aromatic N) is 1. The molecule has 0 saturated heterocycles. The summed E-state index contributed by atoms with van der Waals surface area (Å²) in [6.07, 6.45) is 7.06. The van der Waals surface area contributed by atoms with E-state index in [1.54, 1.807) is 11.3 Å². The maximum Gasteiger partial charge on any atom is 0.0447 e. The van der Waals surface area contributed by atoms with Gasteiger partial charge in [-0.1, -0.05) is 31.0 Å². The molecule has 0 unspecified atom stereocenters. The topological polar surface area (TPSA) is 15.3 Å². The molecule has 0 spiro atoms. The summed E-state index contributed by atoms with van der Waals surface area (Å²) in [4.78, 5) is 2.75. The molecule has 18 heavy (non-hydrogen) atoms. The van der Waals surface area contributed by atoms with Crippen molar-refractivity contribution >= 4 is 5.69 Å². The Morgan fingerprint density at radius 3 is 3.00 bits per heavy atom. The van der Waals surface area contributed by atoms with Gasteiger partial charge in [-0.3, -0.25) is 0 Å². The number of fused-ring (bicyclic) bond motifs is 2. The number of hydrogen-bond acceptors (Lipinski definition) is 2. The van der Waals surface area contributed by atoms with Crippen LogP contribution in [0.2, 0.25) is 0 Å². The first-order valence-electron chi connectivity index (χ1n) is 7.51. The van der Waals surface area contributed by atoms with Crippen molar-refractivity contribution in [3.63, 3.8) is 0 Å². The van der Waals surface area contributed by atoms with Crippen LogP contribution in [-0.4, -0.2) is 19.1 Å². The van der Waals surface area contributed by atoms with Gasteiger partial charge in [0.25, 0.3) is 0 Å². The molecule has 0 aromatic heterocycles. The Hall–Kier alpha value is -1.02. The molecule has 1 aliphatic carbocycles. The van der Waals surface area contributed by atoms with Crippen molar-refractivity contribution in [2.75, 3.05) is 18.0 Å². The molecule has 3 aliphatic rings. The van der Waals surface area contributed by atoms with E-state index in [1.807, 2.05) is 0 Å². The minimum Gasteiger partial charge on any atom is -0.366 e. The van der Waals surface area contributed by atoms with E-state index in [9.17, 15) is 0 Å². The second kappa shape index (κ2) is 4.27. The second-order valence-electron chi connectivity index (χ2n) is 6.11. The third kappa shape index (κ3) is 1.58. The van der Waals surface area contributed by atoms with Gasteiger partial charge in [0.2, 0.25) is 0 Å². The molecule has 4 rings (SSSR count). The van der Waals surface area contributed by atoms with Crippen LogP contribution in [0.4, 0.5) is 5.69 Å².